The average molecular weight is 130 g/mol. The van der Waals surface area contributed by atoms with Gasteiger partial charge in [0.15, 0.2) is 0 Å². The number of rotatable bonds is 2. The largest absolute Gasteiger partial charge is 0.368 e. The van der Waals surface area contributed by atoms with Gasteiger partial charge in [0.25, 0.3) is 0 Å². The van der Waals surface area contributed by atoms with Gasteiger partial charge in [-0.05, 0) is 5.92 Å². The summed E-state index contributed by atoms with van der Waals surface area (Å²) < 4.78 is 0. The van der Waals surface area contributed by atoms with Crippen LogP contribution in [0, 0.1) is 5.92 Å². The monoisotopic (exact) mass is 130 g/mol. The van der Waals surface area contributed by atoms with E-state index in [0.29, 0.717) is 0 Å². The minimum atomic E-state index is -0.759. The lowest BCUT2D eigenvalue weighted by atomic mass is 10.1. The molecule has 0 amide bonds. The van der Waals surface area contributed by atoms with E-state index < -0.39 is 5.97 Å². The Hall–Kier alpha value is -0.830. The summed E-state index contributed by atoms with van der Waals surface area (Å²) in [6.45, 7) is 6.97. The zero-order chi connectivity index (χ0) is 7.44. The average Bonchev–Trinajstić information content (AvgIpc) is 1.84. The minimum Gasteiger partial charge on any atom is -0.296 e. The Labute approximate surface area is 53.9 Å². The van der Waals surface area contributed by atoms with Crippen molar-refractivity contribution in [2.24, 2.45) is 5.92 Å². The molecule has 0 aliphatic rings. The van der Waals surface area contributed by atoms with E-state index in [-0.39, 0.29) is 11.5 Å². The normalized spacial score (nSPS) is 9.33. The zero-order valence-electron chi connectivity index (χ0n) is 5.55. The Bertz CT molecular complexity index is 126. The van der Waals surface area contributed by atoms with Crippen LogP contribution in [0.1, 0.15) is 13.8 Å². The van der Waals surface area contributed by atoms with Crippen molar-refractivity contribution in [3.05, 3.63) is 12.2 Å². The van der Waals surface area contributed by atoms with E-state index in [1.54, 1.807) is 13.8 Å². The SMILES string of the molecule is C=C(C(=O)OO)C(C)C. The first-order valence-electron chi connectivity index (χ1n) is 2.64. The van der Waals surface area contributed by atoms with Crippen LogP contribution in [0.2, 0.25) is 0 Å². The van der Waals surface area contributed by atoms with Gasteiger partial charge >= 0.3 is 5.97 Å². The Morgan fingerprint density at radius 2 is 2.11 bits per heavy atom. The maximum Gasteiger partial charge on any atom is 0.368 e. The second-order valence-electron chi connectivity index (χ2n) is 2.06. The first kappa shape index (κ1) is 8.17. The minimum absolute atomic E-state index is 0.0182. The van der Waals surface area contributed by atoms with Crippen molar-refractivity contribution in [3.63, 3.8) is 0 Å². The van der Waals surface area contributed by atoms with E-state index in [1.807, 2.05) is 0 Å². The molecule has 0 spiro atoms. The third-order valence-electron chi connectivity index (χ3n) is 1.04. The number of carbonyl (C=O) groups is 1. The van der Waals surface area contributed by atoms with Gasteiger partial charge in [0.1, 0.15) is 0 Å². The highest BCUT2D eigenvalue weighted by Gasteiger charge is 2.10. The summed E-state index contributed by atoms with van der Waals surface area (Å²) in [5.41, 5.74) is 0.275. The van der Waals surface area contributed by atoms with E-state index in [9.17, 15) is 4.79 Å². The Balaban J connectivity index is 3.89. The van der Waals surface area contributed by atoms with Crippen LogP contribution < -0.4 is 0 Å². The summed E-state index contributed by atoms with van der Waals surface area (Å²) in [6.07, 6.45) is 0. The van der Waals surface area contributed by atoms with Gasteiger partial charge in [0, 0.05) is 5.57 Å². The van der Waals surface area contributed by atoms with Crippen LogP contribution in [0.25, 0.3) is 0 Å². The van der Waals surface area contributed by atoms with Crippen molar-refractivity contribution >= 4 is 5.97 Å². The summed E-state index contributed by atoms with van der Waals surface area (Å²) in [4.78, 5) is 13.8. The fourth-order valence-electron chi connectivity index (χ4n) is 0.294. The van der Waals surface area contributed by atoms with Crippen LogP contribution in [0.15, 0.2) is 12.2 Å². The molecule has 9 heavy (non-hydrogen) atoms. The molecule has 0 aliphatic carbocycles. The Morgan fingerprint density at radius 1 is 1.67 bits per heavy atom. The molecule has 0 aliphatic heterocycles. The van der Waals surface area contributed by atoms with E-state index >= 15 is 0 Å². The van der Waals surface area contributed by atoms with Crippen LogP contribution in [-0.2, 0) is 9.68 Å². The number of carbonyl (C=O) groups excluding carboxylic acids is 1. The molecule has 0 saturated carbocycles. The maximum absolute atomic E-state index is 10.4. The fourth-order valence-corrected chi connectivity index (χ4v) is 0.294. The highest BCUT2D eigenvalue weighted by Crippen LogP contribution is 2.06. The molecular formula is C6H10O3. The van der Waals surface area contributed by atoms with Crippen molar-refractivity contribution in [2.45, 2.75) is 13.8 Å². The van der Waals surface area contributed by atoms with Gasteiger partial charge in [0.05, 0.1) is 0 Å². The highest BCUT2D eigenvalue weighted by atomic mass is 17.1. The molecule has 0 fully saturated rings. The maximum atomic E-state index is 10.4. The molecule has 0 atom stereocenters. The molecule has 1 N–H and O–H groups in total. The number of hydrogen-bond donors (Lipinski definition) is 1. The van der Waals surface area contributed by atoms with E-state index in [0.717, 1.165) is 0 Å². The van der Waals surface area contributed by atoms with Crippen LogP contribution >= 0.6 is 0 Å². The second-order valence-corrected chi connectivity index (χ2v) is 2.06. The van der Waals surface area contributed by atoms with Crippen molar-refractivity contribution in [3.8, 4) is 0 Å². The van der Waals surface area contributed by atoms with Gasteiger partial charge in [-0.2, -0.15) is 5.26 Å². The number of hydrogen-bond acceptors (Lipinski definition) is 3. The quantitative estimate of drug-likeness (QED) is 0.347. The Kier molecular flexibility index (Phi) is 2.95. The summed E-state index contributed by atoms with van der Waals surface area (Å²) in [5, 5.41) is 7.84. The van der Waals surface area contributed by atoms with E-state index in [4.69, 9.17) is 5.26 Å². The molecule has 0 aromatic rings. The smallest absolute Gasteiger partial charge is 0.296 e. The zero-order valence-corrected chi connectivity index (χ0v) is 5.55. The predicted octanol–water partition coefficient (Wildman–Crippen LogP) is 1.21. The third-order valence-corrected chi connectivity index (χ3v) is 1.04. The lowest BCUT2D eigenvalue weighted by Gasteiger charge is -2.02. The van der Waals surface area contributed by atoms with Crippen LogP contribution in [0.5, 0.6) is 0 Å². The van der Waals surface area contributed by atoms with Crippen molar-refractivity contribution in [1.29, 1.82) is 0 Å². The van der Waals surface area contributed by atoms with Gasteiger partial charge in [0.2, 0.25) is 0 Å². The van der Waals surface area contributed by atoms with Gasteiger partial charge in [-0.15, -0.1) is 0 Å². The topological polar surface area (TPSA) is 46.5 Å². The first-order valence-corrected chi connectivity index (χ1v) is 2.64. The lowest BCUT2D eigenvalue weighted by molar-refractivity contribution is -0.229. The summed E-state index contributed by atoms with van der Waals surface area (Å²) >= 11 is 0. The highest BCUT2D eigenvalue weighted by molar-refractivity contribution is 5.87. The summed E-state index contributed by atoms with van der Waals surface area (Å²) in [5.74, 6) is -0.741. The van der Waals surface area contributed by atoms with Crippen molar-refractivity contribution in [2.75, 3.05) is 0 Å². The molecule has 52 valence electrons. The Morgan fingerprint density at radius 3 is 2.22 bits per heavy atom. The second kappa shape index (κ2) is 3.25. The molecule has 0 saturated heterocycles. The molecule has 0 aromatic carbocycles. The summed E-state index contributed by atoms with van der Waals surface area (Å²) in [6, 6.07) is 0. The first-order chi connectivity index (χ1) is 4.09. The molecule has 0 bridgehead atoms. The van der Waals surface area contributed by atoms with Crippen molar-refractivity contribution < 1.29 is 14.9 Å². The summed E-state index contributed by atoms with van der Waals surface area (Å²) in [7, 11) is 0. The third kappa shape index (κ3) is 2.28. The van der Waals surface area contributed by atoms with Crippen molar-refractivity contribution in [1.82, 2.24) is 0 Å². The van der Waals surface area contributed by atoms with Gasteiger partial charge in [-0.1, -0.05) is 20.4 Å². The van der Waals surface area contributed by atoms with Crippen LogP contribution in [-0.4, -0.2) is 11.2 Å². The van der Waals surface area contributed by atoms with Gasteiger partial charge < -0.3 is 0 Å². The molecule has 0 rings (SSSR count). The van der Waals surface area contributed by atoms with E-state index in [2.05, 4.69) is 11.5 Å². The molecule has 0 unspecified atom stereocenters. The molecular weight excluding hydrogens is 120 g/mol. The predicted molar refractivity (Wildman–Crippen MR) is 32.7 cm³/mol. The molecule has 3 heteroatoms. The molecule has 0 radical (unpaired) electrons. The van der Waals surface area contributed by atoms with Crippen LogP contribution in [0.3, 0.4) is 0 Å². The van der Waals surface area contributed by atoms with Crippen LogP contribution in [0.4, 0.5) is 0 Å². The van der Waals surface area contributed by atoms with Gasteiger partial charge in [-0.3, -0.25) is 4.89 Å². The molecule has 0 heterocycles. The molecule has 0 aromatic heterocycles. The fraction of sp³-hybridized carbons (Fsp3) is 0.500. The molecule has 3 nitrogen and oxygen atoms in total. The lowest BCUT2D eigenvalue weighted by Crippen LogP contribution is -2.08. The standard InChI is InChI=1S/C6H10O3/c1-4(2)5(3)6(7)9-8/h4,8H,3H2,1-2H3. The van der Waals surface area contributed by atoms with Gasteiger partial charge in [-0.25, -0.2) is 4.79 Å². The van der Waals surface area contributed by atoms with E-state index in [1.165, 1.54) is 0 Å².